The van der Waals surface area contributed by atoms with Crippen molar-refractivity contribution < 1.29 is 0 Å². The Morgan fingerprint density at radius 2 is 1.88 bits per heavy atom. The normalized spacial score (nSPS) is 32.1. The molecular formula is C14H29N3. The predicted molar refractivity (Wildman–Crippen MR) is 73.1 cm³/mol. The number of hydrogen-bond acceptors (Lipinski definition) is 3. The van der Waals surface area contributed by atoms with Crippen molar-refractivity contribution >= 4 is 0 Å². The fraction of sp³-hybridized carbons (Fsp3) is 1.00. The summed E-state index contributed by atoms with van der Waals surface area (Å²) in [5.74, 6) is 0.874. The summed E-state index contributed by atoms with van der Waals surface area (Å²) in [6.45, 7) is 9.68. The maximum atomic E-state index is 5.90. The zero-order chi connectivity index (χ0) is 12.1. The standard InChI is InChI=1S/C14H29N3/c1-13-5-10-17(14(11-13)12-15)9-4-8-16-6-2-3-7-16/h13-14H,2-12,15H2,1H3. The van der Waals surface area contributed by atoms with Gasteiger partial charge in [-0.25, -0.2) is 0 Å². The Balaban J connectivity index is 1.66. The number of nitrogens with zero attached hydrogens (tertiary/aromatic N) is 2. The summed E-state index contributed by atoms with van der Waals surface area (Å²) >= 11 is 0. The van der Waals surface area contributed by atoms with Crippen molar-refractivity contribution in [2.24, 2.45) is 11.7 Å². The first-order chi connectivity index (χ1) is 8.29. The minimum absolute atomic E-state index is 0.650. The molecule has 2 N–H and O–H groups in total. The molecule has 2 rings (SSSR count). The van der Waals surface area contributed by atoms with Crippen LogP contribution in [-0.4, -0.2) is 55.1 Å². The second kappa shape index (κ2) is 6.72. The highest BCUT2D eigenvalue weighted by molar-refractivity contribution is 4.81. The monoisotopic (exact) mass is 239 g/mol. The van der Waals surface area contributed by atoms with Gasteiger partial charge in [-0.05, 0) is 70.7 Å². The Morgan fingerprint density at radius 3 is 2.59 bits per heavy atom. The summed E-state index contributed by atoms with van der Waals surface area (Å²) in [5, 5.41) is 0. The molecule has 0 radical (unpaired) electrons. The van der Waals surface area contributed by atoms with Crippen LogP contribution in [0.15, 0.2) is 0 Å². The molecule has 0 amide bonds. The van der Waals surface area contributed by atoms with E-state index >= 15 is 0 Å². The summed E-state index contributed by atoms with van der Waals surface area (Å²) in [6.07, 6.45) is 6.81. The van der Waals surface area contributed by atoms with Gasteiger partial charge in [-0.3, -0.25) is 4.90 Å². The van der Waals surface area contributed by atoms with Gasteiger partial charge in [-0.2, -0.15) is 0 Å². The second-order valence-corrected chi connectivity index (χ2v) is 5.96. The van der Waals surface area contributed by atoms with Crippen LogP contribution in [0.3, 0.4) is 0 Å². The van der Waals surface area contributed by atoms with Gasteiger partial charge in [0.15, 0.2) is 0 Å². The molecule has 3 nitrogen and oxygen atoms in total. The number of rotatable bonds is 5. The summed E-state index contributed by atoms with van der Waals surface area (Å²) < 4.78 is 0. The van der Waals surface area contributed by atoms with Gasteiger partial charge in [0.05, 0.1) is 0 Å². The minimum atomic E-state index is 0.650. The Labute approximate surface area is 106 Å². The van der Waals surface area contributed by atoms with Crippen molar-refractivity contribution in [2.75, 3.05) is 39.3 Å². The molecule has 0 aromatic rings. The lowest BCUT2D eigenvalue weighted by molar-refractivity contribution is 0.117. The van der Waals surface area contributed by atoms with Crippen LogP contribution in [0, 0.1) is 5.92 Å². The van der Waals surface area contributed by atoms with Gasteiger partial charge < -0.3 is 10.6 Å². The average Bonchev–Trinajstić information content (AvgIpc) is 2.84. The fourth-order valence-electron chi connectivity index (χ4n) is 3.34. The lowest BCUT2D eigenvalue weighted by Crippen LogP contribution is -2.47. The fourth-order valence-corrected chi connectivity index (χ4v) is 3.34. The highest BCUT2D eigenvalue weighted by Crippen LogP contribution is 2.22. The average molecular weight is 239 g/mol. The lowest BCUT2D eigenvalue weighted by Gasteiger charge is -2.38. The first kappa shape index (κ1) is 13.3. The molecule has 0 aliphatic carbocycles. The van der Waals surface area contributed by atoms with Crippen molar-refractivity contribution in [2.45, 2.75) is 45.1 Å². The number of piperidine rings is 1. The van der Waals surface area contributed by atoms with Gasteiger partial charge in [0.1, 0.15) is 0 Å². The van der Waals surface area contributed by atoms with Crippen LogP contribution in [-0.2, 0) is 0 Å². The Kier molecular flexibility index (Phi) is 5.26. The van der Waals surface area contributed by atoms with E-state index in [4.69, 9.17) is 5.73 Å². The highest BCUT2D eigenvalue weighted by atomic mass is 15.2. The summed E-state index contributed by atoms with van der Waals surface area (Å²) in [6, 6.07) is 0.650. The van der Waals surface area contributed by atoms with E-state index < -0.39 is 0 Å². The van der Waals surface area contributed by atoms with Gasteiger partial charge >= 0.3 is 0 Å². The third kappa shape index (κ3) is 3.94. The number of likely N-dealkylation sites (tertiary alicyclic amines) is 2. The molecule has 2 aliphatic heterocycles. The van der Waals surface area contributed by atoms with Gasteiger partial charge in [-0.15, -0.1) is 0 Å². The summed E-state index contributed by atoms with van der Waals surface area (Å²) in [5.41, 5.74) is 5.90. The Hall–Kier alpha value is -0.120. The molecule has 2 unspecified atom stereocenters. The Bertz CT molecular complexity index is 214. The lowest BCUT2D eigenvalue weighted by atomic mass is 9.92. The van der Waals surface area contributed by atoms with Crippen LogP contribution in [0.1, 0.15) is 39.0 Å². The molecule has 2 heterocycles. The number of hydrogen-bond donors (Lipinski definition) is 1. The first-order valence-corrected chi connectivity index (χ1v) is 7.46. The molecule has 3 heteroatoms. The molecule has 0 saturated carbocycles. The molecule has 2 atom stereocenters. The smallest absolute Gasteiger partial charge is 0.0220 e. The largest absolute Gasteiger partial charge is 0.329 e. The summed E-state index contributed by atoms with van der Waals surface area (Å²) in [7, 11) is 0. The van der Waals surface area contributed by atoms with Crippen LogP contribution in [0.2, 0.25) is 0 Å². The maximum Gasteiger partial charge on any atom is 0.0220 e. The van der Waals surface area contributed by atoms with Gasteiger partial charge in [0.2, 0.25) is 0 Å². The third-order valence-corrected chi connectivity index (χ3v) is 4.49. The van der Waals surface area contributed by atoms with Crippen molar-refractivity contribution in [3.8, 4) is 0 Å². The molecule has 0 aromatic heterocycles. The molecule has 0 aromatic carbocycles. The molecular weight excluding hydrogens is 210 g/mol. The van der Waals surface area contributed by atoms with Crippen LogP contribution in [0.25, 0.3) is 0 Å². The number of nitrogens with two attached hydrogens (primary N) is 1. The third-order valence-electron chi connectivity index (χ3n) is 4.49. The topological polar surface area (TPSA) is 32.5 Å². The van der Waals surface area contributed by atoms with E-state index in [0.717, 1.165) is 12.5 Å². The molecule has 2 saturated heterocycles. The van der Waals surface area contributed by atoms with E-state index in [-0.39, 0.29) is 0 Å². The van der Waals surface area contributed by atoms with Gasteiger partial charge in [-0.1, -0.05) is 6.92 Å². The van der Waals surface area contributed by atoms with E-state index in [1.54, 1.807) is 0 Å². The van der Waals surface area contributed by atoms with Crippen molar-refractivity contribution in [1.29, 1.82) is 0 Å². The van der Waals surface area contributed by atoms with E-state index in [9.17, 15) is 0 Å². The molecule has 2 fully saturated rings. The summed E-state index contributed by atoms with van der Waals surface area (Å²) in [4.78, 5) is 5.25. The molecule has 2 aliphatic rings. The van der Waals surface area contributed by atoms with Crippen molar-refractivity contribution in [3.05, 3.63) is 0 Å². The van der Waals surface area contributed by atoms with E-state index in [1.165, 1.54) is 64.8 Å². The van der Waals surface area contributed by atoms with Gasteiger partial charge in [0.25, 0.3) is 0 Å². The van der Waals surface area contributed by atoms with Crippen molar-refractivity contribution in [1.82, 2.24) is 9.80 Å². The molecule has 0 spiro atoms. The van der Waals surface area contributed by atoms with Gasteiger partial charge in [0, 0.05) is 12.6 Å². The second-order valence-electron chi connectivity index (χ2n) is 5.96. The van der Waals surface area contributed by atoms with Crippen LogP contribution in [0.4, 0.5) is 0 Å². The quantitative estimate of drug-likeness (QED) is 0.790. The maximum absolute atomic E-state index is 5.90. The molecule has 0 bridgehead atoms. The minimum Gasteiger partial charge on any atom is -0.329 e. The van der Waals surface area contributed by atoms with Crippen LogP contribution >= 0.6 is 0 Å². The molecule has 100 valence electrons. The molecule has 17 heavy (non-hydrogen) atoms. The first-order valence-electron chi connectivity index (χ1n) is 7.46. The van der Waals surface area contributed by atoms with Crippen molar-refractivity contribution in [3.63, 3.8) is 0 Å². The zero-order valence-corrected chi connectivity index (χ0v) is 11.4. The zero-order valence-electron chi connectivity index (χ0n) is 11.4. The highest BCUT2D eigenvalue weighted by Gasteiger charge is 2.24. The SMILES string of the molecule is CC1CCN(CCCN2CCCC2)C(CN)C1. The Morgan fingerprint density at radius 1 is 1.12 bits per heavy atom. The van der Waals surface area contributed by atoms with E-state index in [1.807, 2.05) is 0 Å². The predicted octanol–water partition coefficient (Wildman–Crippen LogP) is 1.53. The van der Waals surface area contributed by atoms with Crippen LogP contribution < -0.4 is 5.73 Å². The van der Waals surface area contributed by atoms with Crippen LogP contribution in [0.5, 0.6) is 0 Å². The van der Waals surface area contributed by atoms with E-state index in [2.05, 4.69) is 16.7 Å². The van der Waals surface area contributed by atoms with E-state index in [0.29, 0.717) is 6.04 Å².